The third-order valence-corrected chi connectivity index (χ3v) is 9.18. The summed E-state index contributed by atoms with van der Waals surface area (Å²) in [6.45, 7) is 17.3. The Bertz CT molecular complexity index is 1590. The molecule has 4 heterocycles. The van der Waals surface area contributed by atoms with Gasteiger partial charge in [0, 0.05) is 22.8 Å². The number of carbonyl (C=O) groups excluding carboxylic acids is 1. The lowest BCUT2D eigenvalue weighted by Gasteiger charge is -2.23. The standard InChI is InChI=1S/C33H45FN6O3S/c1-31(2,3)22-13-16-24(35-20-22)25(15-12-21-18-33(7,8)36-19-21)37-27-10-9-11-28(39-27)44(42,43)40-30(41)23-14-17-26(32(4,5)6)38-29(23)34/h9-11,13-14,16-17,20-21,25,36H,12,15,18-19H2,1-8H3,(H,37,39)(H,40,41)/t21-,25?/m0/s1. The fourth-order valence-electron chi connectivity index (χ4n) is 5.32. The van der Waals surface area contributed by atoms with Crippen LogP contribution in [0.4, 0.5) is 10.2 Å². The van der Waals surface area contributed by atoms with E-state index in [0.717, 1.165) is 37.1 Å². The van der Waals surface area contributed by atoms with Crippen molar-refractivity contribution in [3.8, 4) is 0 Å². The van der Waals surface area contributed by atoms with Crippen molar-refractivity contribution in [2.24, 2.45) is 5.92 Å². The molecule has 1 unspecified atom stereocenters. The molecule has 0 radical (unpaired) electrons. The zero-order valence-electron chi connectivity index (χ0n) is 27.0. The molecule has 238 valence electrons. The Kier molecular flexibility index (Phi) is 9.51. The van der Waals surface area contributed by atoms with Gasteiger partial charge >= 0.3 is 0 Å². The number of halogens is 1. The van der Waals surface area contributed by atoms with Gasteiger partial charge in [-0.2, -0.15) is 12.8 Å². The van der Waals surface area contributed by atoms with E-state index >= 15 is 0 Å². The van der Waals surface area contributed by atoms with Crippen molar-refractivity contribution in [2.45, 2.75) is 102 Å². The molecule has 0 saturated carbocycles. The summed E-state index contributed by atoms with van der Waals surface area (Å²) < 4.78 is 43.0. The normalized spacial score (nSPS) is 17.7. The first-order valence-electron chi connectivity index (χ1n) is 15.0. The van der Waals surface area contributed by atoms with Gasteiger partial charge in [-0.3, -0.25) is 9.78 Å². The van der Waals surface area contributed by atoms with E-state index < -0.39 is 32.9 Å². The van der Waals surface area contributed by atoms with Gasteiger partial charge in [-0.25, -0.2) is 14.7 Å². The first-order valence-corrected chi connectivity index (χ1v) is 16.5. The van der Waals surface area contributed by atoms with Crippen molar-refractivity contribution in [1.82, 2.24) is 25.0 Å². The minimum absolute atomic E-state index is 0.0438. The van der Waals surface area contributed by atoms with Crippen molar-refractivity contribution in [2.75, 3.05) is 11.9 Å². The molecule has 4 rings (SSSR count). The zero-order chi connectivity index (χ0) is 32.5. The monoisotopic (exact) mass is 624 g/mol. The molecule has 0 aromatic carbocycles. The highest BCUT2D eigenvalue weighted by Gasteiger charge is 2.31. The van der Waals surface area contributed by atoms with Gasteiger partial charge in [-0.05, 0) is 86.9 Å². The molecule has 9 nitrogen and oxygen atoms in total. The minimum Gasteiger partial charge on any atom is -0.362 e. The summed E-state index contributed by atoms with van der Waals surface area (Å²) in [5, 5.41) is 6.59. The molecule has 3 aromatic rings. The molecule has 0 bridgehead atoms. The van der Waals surface area contributed by atoms with Crippen LogP contribution in [-0.4, -0.2) is 41.4 Å². The van der Waals surface area contributed by atoms with E-state index in [1.807, 2.05) is 37.8 Å². The quantitative estimate of drug-likeness (QED) is 0.246. The molecule has 1 amide bonds. The molecular formula is C33H45FN6O3S. The first-order chi connectivity index (χ1) is 20.3. The van der Waals surface area contributed by atoms with Crippen LogP contribution in [0.25, 0.3) is 0 Å². The number of nitrogens with one attached hydrogen (secondary N) is 3. The summed E-state index contributed by atoms with van der Waals surface area (Å²) in [5.74, 6) is -1.34. The maximum absolute atomic E-state index is 14.7. The maximum Gasteiger partial charge on any atom is 0.281 e. The molecule has 1 fully saturated rings. The van der Waals surface area contributed by atoms with Gasteiger partial charge in [0.25, 0.3) is 15.9 Å². The number of amides is 1. The molecule has 1 aliphatic heterocycles. The van der Waals surface area contributed by atoms with Crippen LogP contribution in [0.3, 0.4) is 0 Å². The summed E-state index contributed by atoms with van der Waals surface area (Å²) in [7, 11) is -4.42. The van der Waals surface area contributed by atoms with Gasteiger partial charge in [0.1, 0.15) is 5.82 Å². The fourth-order valence-corrected chi connectivity index (χ4v) is 6.25. The average molecular weight is 625 g/mol. The van der Waals surface area contributed by atoms with Crippen LogP contribution in [-0.2, 0) is 20.9 Å². The smallest absolute Gasteiger partial charge is 0.281 e. The lowest BCUT2D eigenvalue weighted by Crippen LogP contribution is -2.32. The highest BCUT2D eigenvalue weighted by molar-refractivity contribution is 7.90. The molecule has 2 atom stereocenters. The highest BCUT2D eigenvalue weighted by atomic mass is 32.2. The summed E-state index contributed by atoms with van der Waals surface area (Å²) in [6, 6.07) is 11.1. The molecule has 0 aliphatic carbocycles. The molecule has 3 N–H and O–H groups in total. The number of pyridine rings is 3. The zero-order valence-corrected chi connectivity index (χ0v) is 27.8. The molecule has 0 spiro atoms. The van der Waals surface area contributed by atoms with E-state index in [0.29, 0.717) is 17.4 Å². The third-order valence-electron chi connectivity index (χ3n) is 7.95. The number of nitrogens with zero attached hydrogens (tertiary/aromatic N) is 3. The van der Waals surface area contributed by atoms with Crippen LogP contribution in [0.2, 0.25) is 0 Å². The van der Waals surface area contributed by atoms with Crippen LogP contribution in [0.1, 0.15) is 108 Å². The van der Waals surface area contributed by atoms with Gasteiger partial charge < -0.3 is 10.6 Å². The lowest BCUT2D eigenvalue weighted by atomic mass is 9.87. The first kappa shape index (κ1) is 33.5. The third kappa shape index (κ3) is 8.38. The largest absolute Gasteiger partial charge is 0.362 e. The number of anilines is 1. The number of carbonyl (C=O) groups is 1. The SMILES string of the molecule is CC1(C)C[C@H](CCC(Nc2cccc(S(=O)(=O)NC(=O)c3ccc(C(C)(C)C)nc3F)n2)c2ccc(C(C)(C)C)cn2)CN1. The molecule has 1 saturated heterocycles. The number of aromatic nitrogens is 3. The summed E-state index contributed by atoms with van der Waals surface area (Å²) in [5.41, 5.74) is 1.54. The molecule has 44 heavy (non-hydrogen) atoms. The predicted octanol–water partition coefficient (Wildman–Crippen LogP) is 6.05. The predicted molar refractivity (Wildman–Crippen MR) is 171 cm³/mol. The Morgan fingerprint density at radius 1 is 1.05 bits per heavy atom. The van der Waals surface area contributed by atoms with Crippen molar-refractivity contribution in [1.29, 1.82) is 0 Å². The summed E-state index contributed by atoms with van der Waals surface area (Å²) in [6.07, 6.45) is 4.65. The Hall–Kier alpha value is -3.44. The second-order valence-electron chi connectivity index (χ2n) is 14.4. The number of sulfonamides is 1. The number of hydrogen-bond acceptors (Lipinski definition) is 8. The van der Waals surface area contributed by atoms with Crippen molar-refractivity contribution in [3.05, 3.63) is 77.1 Å². The molecule has 3 aromatic heterocycles. The summed E-state index contributed by atoms with van der Waals surface area (Å²) >= 11 is 0. The van der Waals surface area contributed by atoms with E-state index in [-0.39, 0.29) is 22.0 Å². The maximum atomic E-state index is 14.7. The Morgan fingerprint density at radius 2 is 1.77 bits per heavy atom. The Balaban J connectivity index is 1.54. The van der Waals surface area contributed by atoms with Crippen molar-refractivity contribution in [3.63, 3.8) is 0 Å². The van der Waals surface area contributed by atoms with E-state index in [9.17, 15) is 17.6 Å². The van der Waals surface area contributed by atoms with E-state index in [1.165, 1.54) is 18.2 Å². The molecule has 11 heteroatoms. The van der Waals surface area contributed by atoms with Crippen LogP contribution in [0.15, 0.2) is 53.7 Å². The topological polar surface area (TPSA) is 126 Å². The van der Waals surface area contributed by atoms with Crippen molar-refractivity contribution < 1.29 is 17.6 Å². The number of rotatable bonds is 9. The summed E-state index contributed by atoms with van der Waals surface area (Å²) in [4.78, 5) is 25.7. The van der Waals surface area contributed by atoms with Gasteiger partial charge in [0.15, 0.2) is 5.03 Å². The molecular weight excluding hydrogens is 579 g/mol. The molecule has 1 aliphatic rings. The highest BCUT2D eigenvalue weighted by Crippen LogP contribution is 2.32. The Morgan fingerprint density at radius 3 is 2.34 bits per heavy atom. The lowest BCUT2D eigenvalue weighted by molar-refractivity contribution is 0.0976. The van der Waals surface area contributed by atoms with Gasteiger partial charge in [-0.15, -0.1) is 0 Å². The van der Waals surface area contributed by atoms with Gasteiger partial charge in [-0.1, -0.05) is 53.7 Å². The average Bonchev–Trinajstić information content (AvgIpc) is 3.28. The minimum atomic E-state index is -4.42. The van der Waals surface area contributed by atoms with Crippen LogP contribution in [0.5, 0.6) is 0 Å². The van der Waals surface area contributed by atoms with Gasteiger partial charge in [0.2, 0.25) is 5.95 Å². The van der Waals surface area contributed by atoms with Gasteiger partial charge in [0.05, 0.1) is 17.3 Å². The Labute approximate surface area is 261 Å². The second-order valence-corrected chi connectivity index (χ2v) is 16.0. The van der Waals surface area contributed by atoms with Crippen LogP contribution < -0.4 is 15.4 Å². The van der Waals surface area contributed by atoms with Crippen LogP contribution in [0, 0.1) is 11.9 Å². The van der Waals surface area contributed by atoms with E-state index in [4.69, 9.17) is 4.98 Å². The van der Waals surface area contributed by atoms with Crippen LogP contribution >= 0.6 is 0 Å². The number of hydrogen-bond donors (Lipinski definition) is 3. The fraction of sp³-hybridized carbons (Fsp3) is 0.515. The van der Waals surface area contributed by atoms with E-state index in [1.54, 1.807) is 12.1 Å². The van der Waals surface area contributed by atoms with Crippen molar-refractivity contribution >= 4 is 21.7 Å². The second kappa shape index (κ2) is 12.5. The van der Waals surface area contributed by atoms with E-state index in [2.05, 4.69) is 61.3 Å².